The van der Waals surface area contributed by atoms with Crippen molar-refractivity contribution in [3.63, 3.8) is 0 Å². The van der Waals surface area contributed by atoms with E-state index in [1.54, 1.807) is 0 Å². The summed E-state index contributed by atoms with van der Waals surface area (Å²) in [5, 5.41) is 3.71. The Hall–Kier alpha value is -0.300. The monoisotopic (exact) mass is 293 g/mol. The lowest BCUT2D eigenvalue weighted by molar-refractivity contribution is 0.159. The normalized spacial score (nSPS) is 26.2. The van der Waals surface area contributed by atoms with Gasteiger partial charge in [-0.1, -0.05) is 59.0 Å². The lowest BCUT2D eigenvalue weighted by Gasteiger charge is -2.36. The zero-order valence-electron chi connectivity index (χ0n) is 14.9. The van der Waals surface area contributed by atoms with E-state index < -0.39 is 0 Å². The molecule has 1 saturated carbocycles. The van der Waals surface area contributed by atoms with E-state index >= 15 is 0 Å². The molecule has 1 N–H and O–H groups in total. The van der Waals surface area contributed by atoms with Gasteiger partial charge in [-0.3, -0.25) is 0 Å². The van der Waals surface area contributed by atoms with Crippen molar-refractivity contribution < 1.29 is 0 Å². The third kappa shape index (κ3) is 8.04. The van der Waals surface area contributed by atoms with Crippen LogP contribution in [-0.2, 0) is 0 Å². The predicted molar refractivity (Wildman–Crippen MR) is 95.6 cm³/mol. The summed E-state index contributed by atoms with van der Waals surface area (Å²) in [6.07, 6.45) is 14.7. The third-order valence-corrected chi connectivity index (χ3v) is 5.27. The van der Waals surface area contributed by atoms with E-state index in [4.69, 9.17) is 0 Å². The first-order valence-corrected chi connectivity index (χ1v) is 9.48. The third-order valence-electron chi connectivity index (χ3n) is 5.27. The van der Waals surface area contributed by atoms with Gasteiger partial charge in [0, 0.05) is 0 Å². The molecule has 0 aromatic carbocycles. The molecule has 21 heavy (non-hydrogen) atoms. The first kappa shape index (κ1) is 18.7. The molecule has 0 spiro atoms. The quantitative estimate of drug-likeness (QED) is 0.374. The van der Waals surface area contributed by atoms with Crippen molar-refractivity contribution in [3.05, 3.63) is 12.7 Å². The molecule has 0 radical (unpaired) electrons. The Balaban J connectivity index is 2.32. The number of nitrogens with one attached hydrogen (secondary N) is 1. The van der Waals surface area contributed by atoms with Crippen LogP contribution in [0.15, 0.2) is 12.7 Å². The molecule has 0 aliphatic heterocycles. The fourth-order valence-corrected chi connectivity index (χ4v) is 3.85. The number of hydrogen-bond acceptors (Lipinski definition) is 1. The smallest absolute Gasteiger partial charge is 0.00178 e. The Bertz CT molecular complexity index is 259. The largest absolute Gasteiger partial charge is 0.316 e. The molecule has 0 amide bonds. The molecule has 0 saturated heterocycles. The molecule has 1 fully saturated rings. The van der Waals surface area contributed by atoms with E-state index in [-0.39, 0.29) is 0 Å². The highest BCUT2D eigenvalue weighted by atomic mass is 14.9. The zero-order valence-corrected chi connectivity index (χ0v) is 14.9. The van der Waals surface area contributed by atoms with Crippen molar-refractivity contribution in [2.75, 3.05) is 13.1 Å². The standard InChI is InChI=1S/C20H39N/c1-5-7-8-9-10-11-19-14-18(6-2)12-13-20(19)16-21-15-17(3)4/h5,17-21H,1,6-16H2,2-4H3. The highest BCUT2D eigenvalue weighted by Crippen LogP contribution is 2.38. The average molecular weight is 294 g/mol. The van der Waals surface area contributed by atoms with E-state index in [2.05, 4.69) is 38.7 Å². The van der Waals surface area contributed by atoms with Crippen LogP contribution in [0.3, 0.4) is 0 Å². The highest BCUT2D eigenvalue weighted by Gasteiger charge is 2.28. The fourth-order valence-electron chi connectivity index (χ4n) is 3.85. The zero-order chi connectivity index (χ0) is 15.5. The molecule has 1 aliphatic carbocycles. The van der Waals surface area contributed by atoms with Gasteiger partial charge in [0.15, 0.2) is 0 Å². The van der Waals surface area contributed by atoms with Gasteiger partial charge >= 0.3 is 0 Å². The van der Waals surface area contributed by atoms with Crippen LogP contribution in [0.1, 0.15) is 78.6 Å². The summed E-state index contributed by atoms with van der Waals surface area (Å²) in [5.74, 6) is 3.69. The second-order valence-corrected chi connectivity index (χ2v) is 7.59. The van der Waals surface area contributed by atoms with Gasteiger partial charge in [0.2, 0.25) is 0 Å². The van der Waals surface area contributed by atoms with Crippen LogP contribution in [0.5, 0.6) is 0 Å². The molecule has 1 rings (SSSR count). The summed E-state index contributed by atoms with van der Waals surface area (Å²) in [7, 11) is 0. The molecule has 0 aromatic rings. The number of rotatable bonds is 11. The second-order valence-electron chi connectivity index (χ2n) is 7.59. The van der Waals surface area contributed by atoms with Crippen LogP contribution in [0.2, 0.25) is 0 Å². The van der Waals surface area contributed by atoms with Crippen molar-refractivity contribution >= 4 is 0 Å². The molecule has 0 heterocycles. The second kappa shape index (κ2) is 11.3. The summed E-state index contributed by atoms with van der Waals surface area (Å²) in [6.45, 7) is 13.2. The van der Waals surface area contributed by atoms with Crippen LogP contribution in [0.4, 0.5) is 0 Å². The molecule has 124 valence electrons. The van der Waals surface area contributed by atoms with Crippen LogP contribution >= 0.6 is 0 Å². The van der Waals surface area contributed by atoms with Gasteiger partial charge in [-0.25, -0.2) is 0 Å². The Morgan fingerprint density at radius 2 is 1.95 bits per heavy atom. The lowest BCUT2D eigenvalue weighted by Crippen LogP contribution is -2.34. The summed E-state index contributed by atoms with van der Waals surface area (Å²) in [5.41, 5.74) is 0. The first-order valence-electron chi connectivity index (χ1n) is 9.48. The highest BCUT2D eigenvalue weighted by molar-refractivity contribution is 4.81. The number of unbranched alkanes of at least 4 members (excludes halogenated alkanes) is 3. The van der Waals surface area contributed by atoms with Crippen molar-refractivity contribution in [1.29, 1.82) is 0 Å². The van der Waals surface area contributed by atoms with Gasteiger partial charge in [0.1, 0.15) is 0 Å². The minimum Gasteiger partial charge on any atom is -0.316 e. The molecule has 3 unspecified atom stereocenters. The van der Waals surface area contributed by atoms with Crippen molar-refractivity contribution in [3.8, 4) is 0 Å². The first-order chi connectivity index (χ1) is 10.2. The van der Waals surface area contributed by atoms with Crippen LogP contribution in [0.25, 0.3) is 0 Å². The topological polar surface area (TPSA) is 12.0 Å². The predicted octanol–water partition coefficient (Wildman–Crippen LogP) is 5.81. The fraction of sp³-hybridized carbons (Fsp3) is 0.900. The molecular formula is C20H39N. The van der Waals surface area contributed by atoms with Gasteiger partial charge in [-0.15, -0.1) is 6.58 Å². The van der Waals surface area contributed by atoms with Crippen molar-refractivity contribution in [2.24, 2.45) is 23.7 Å². The Labute approximate surface area is 134 Å². The number of hydrogen-bond donors (Lipinski definition) is 1. The molecular weight excluding hydrogens is 254 g/mol. The molecule has 1 heteroatoms. The van der Waals surface area contributed by atoms with Gasteiger partial charge in [0.25, 0.3) is 0 Å². The summed E-state index contributed by atoms with van der Waals surface area (Å²) in [6, 6.07) is 0. The van der Waals surface area contributed by atoms with E-state index in [0.29, 0.717) is 0 Å². The lowest BCUT2D eigenvalue weighted by atomic mass is 9.71. The number of allylic oxidation sites excluding steroid dienone is 1. The maximum Gasteiger partial charge on any atom is -0.00178 e. The average Bonchev–Trinajstić information content (AvgIpc) is 2.47. The molecule has 1 nitrogen and oxygen atoms in total. The van der Waals surface area contributed by atoms with Crippen LogP contribution in [-0.4, -0.2) is 13.1 Å². The molecule has 0 aromatic heterocycles. The Morgan fingerprint density at radius 1 is 1.14 bits per heavy atom. The van der Waals surface area contributed by atoms with Gasteiger partial charge in [0.05, 0.1) is 0 Å². The van der Waals surface area contributed by atoms with Crippen LogP contribution in [0, 0.1) is 23.7 Å². The van der Waals surface area contributed by atoms with Gasteiger partial charge in [-0.2, -0.15) is 0 Å². The van der Waals surface area contributed by atoms with Crippen molar-refractivity contribution in [2.45, 2.75) is 78.6 Å². The molecule has 0 bridgehead atoms. The van der Waals surface area contributed by atoms with Gasteiger partial charge < -0.3 is 5.32 Å². The Morgan fingerprint density at radius 3 is 2.62 bits per heavy atom. The summed E-state index contributed by atoms with van der Waals surface area (Å²) < 4.78 is 0. The van der Waals surface area contributed by atoms with Crippen molar-refractivity contribution in [1.82, 2.24) is 5.32 Å². The molecule has 1 aliphatic rings. The van der Waals surface area contributed by atoms with E-state index in [0.717, 1.165) is 23.7 Å². The summed E-state index contributed by atoms with van der Waals surface area (Å²) in [4.78, 5) is 0. The maximum absolute atomic E-state index is 3.82. The van der Waals surface area contributed by atoms with E-state index in [1.807, 2.05) is 0 Å². The van der Waals surface area contributed by atoms with Crippen LogP contribution < -0.4 is 5.32 Å². The maximum atomic E-state index is 3.82. The Kier molecular flexibility index (Phi) is 10.1. The van der Waals surface area contributed by atoms with E-state index in [1.165, 1.54) is 70.9 Å². The minimum absolute atomic E-state index is 0.773. The SMILES string of the molecule is C=CCCCCCC1CC(CC)CCC1CNCC(C)C. The summed E-state index contributed by atoms with van der Waals surface area (Å²) >= 11 is 0. The van der Waals surface area contributed by atoms with Gasteiger partial charge in [-0.05, 0) is 62.4 Å². The molecule has 3 atom stereocenters. The minimum atomic E-state index is 0.773. The van der Waals surface area contributed by atoms with E-state index in [9.17, 15) is 0 Å².